The monoisotopic (exact) mass is 434 g/mol. The van der Waals surface area contributed by atoms with Gasteiger partial charge >= 0.3 is 5.97 Å². The number of pyridine rings is 1. The number of hydrogen-bond donors (Lipinski definition) is 1. The first kappa shape index (κ1) is 23.6. The molecule has 3 rings (SSSR count). The van der Waals surface area contributed by atoms with Gasteiger partial charge in [0.2, 0.25) is 0 Å². The summed E-state index contributed by atoms with van der Waals surface area (Å²) < 4.78 is 18.6. The first-order valence-corrected chi connectivity index (χ1v) is 11.0. The zero-order valence-corrected chi connectivity index (χ0v) is 19.2. The molecule has 0 aliphatic heterocycles. The van der Waals surface area contributed by atoms with Crippen molar-refractivity contribution in [3.05, 3.63) is 88.0 Å². The van der Waals surface area contributed by atoms with Crippen LogP contribution in [0.5, 0.6) is 0 Å². The molecule has 0 amide bonds. The van der Waals surface area contributed by atoms with Gasteiger partial charge in [-0.25, -0.2) is 4.39 Å². The van der Waals surface area contributed by atoms with Crippen LogP contribution in [0.1, 0.15) is 47.5 Å². The first-order valence-electron chi connectivity index (χ1n) is 11.0. The van der Waals surface area contributed by atoms with E-state index in [9.17, 15) is 9.18 Å². The van der Waals surface area contributed by atoms with Crippen LogP contribution in [0, 0.1) is 25.6 Å². The maximum atomic E-state index is 13.1. The van der Waals surface area contributed by atoms with Gasteiger partial charge in [0.25, 0.3) is 0 Å². The summed E-state index contributed by atoms with van der Waals surface area (Å²) in [5.41, 5.74) is 13.7. The number of halogens is 1. The van der Waals surface area contributed by atoms with Gasteiger partial charge in [0, 0.05) is 17.9 Å². The standard InChI is InChI=1S/C27H31FN2O2/c1-17(2)13-25-24(15-29)27(21-9-5-18(3)6-10-21)23(19(4)30-25)14-26(31)32-16-20-7-11-22(28)12-8-20/h5-12,17H,13-16,29H2,1-4H3. The lowest BCUT2D eigenvalue weighted by Gasteiger charge is -2.21. The lowest BCUT2D eigenvalue weighted by atomic mass is 9.88. The van der Waals surface area contributed by atoms with Gasteiger partial charge in [0.05, 0.1) is 6.42 Å². The number of nitrogens with zero attached hydrogens (tertiary/aromatic N) is 1. The molecule has 4 nitrogen and oxygen atoms in total. The molecule has 0 aliphatic carbocycles. The Balaban J connectivity index is 1.96. The number of hydrogen-bond acceptors (Lipinski definition) is 4. The van der Waals surface area contributed by atoms with E-state index >= 15 is 0 Å². The highest BCUT2D eigenvalue weighted by Crippen LogP contribution is 2.33. The SMILES string of the molecule is Cc1ccc(-c2c(CC(=O)OCc3ccc(F)cc3)c(C)nc(CC(C)C)c2CN)cc1. The Labute approximate surface area is 189 Å². The molecule has 0 spiro atoms. The topological polar surface area (TPSA) is 65.2 Å². The number of carbonyl (C=O) groups is 1. The van der Waals surface area contributed by atoms with Gasteiger partial charge in [-0.1, -0.05) is 55.8 Å². The number of benzene rings is 2. The van der Waals surface area contributed by atoms with Gasteiger partial charge in [-0.05, 0) is 66.1 Å². The van der Waals surface area contributed by atoms with E-state index in [0.717, 1.165) is 51.2 Å². The van der Waals surface area contributed by atoms with Crippen molar-refractivity contribution >= 4 is 5.97 Å². The van der Waals surface area contributed by atoms with E-state index in [4.69, 9.17) is 15.5 Å². The summed E-state index contributed by atoms with van der Waals surface area (Å²) in [6.45, 7) is 8.73. The van der Waals surface area contributed by atoms with Gasteiger partial charge in [-0.2, -0.15) is 0 Å². The molecule has 2 aromatic carbocycles. The lowest BCUT2D eigenvalue weighted by Crippen LogP contribution is -2.16. The molecular formula is C27H31FN2O2. The number of nitrogens with two attached hydrogens (primary N) is 1. The summed E-state index contributed by atoms with van der Waals surface area (Å²) in [4.78, 5) is 17.6. The van der Waals surface area contributed by atoms with Crippen LogP contribution in [-0.2, 0) is 35.5 Å². The molecule has 168 valence electrons. The zero-order valence-electron chi connectivity index (χ0n) is 19.2. The van der Waals surface area contributed by atoms with Crippen molar-refractivity contribution in [2.75, 3.05) is 0 Å². The van der Waals surface area contributed by atoms with E-state index in [1.165, 1.54) is 12.1 Å². The fourth-order valence-electron chi connectivity index (χ4n) is 3.84. The second kappa shape index (κ2) is 10.5. The molecule has 0 aliphatic rings. The predicted octanol–water partition coefficient (Wildman–Crippen LogP) is 5.45. The van der Waals surface area contributed by atoms with Gasteiger partial charge in [0.15, 0.2) is 0 Å². The number of esters is 1. The Morgan fingerprint density at radius 1 is 1.03 bits per heavy atom. The lowest BCUT2D eigenvalue weighted by molar-refractivity contribution is -0.144. The van der Waals surface area contributed by atoms with Crippen molar-refractivity contribution in [1.29, 1.82) is 0 Å². The van der Waals surface area contributed by atoms with Crippen molar-refractivity contribution in [2.24, 2.45) is 11.7 Å². The average molecular weight is 435 g/mol. The third-order valence-electron chi connectivity index (χ3n) is 5.47. The van der Waals surface area contributed by atoms with Gasteiger partial charge < -0.3 is 10.5 Å². The Kier molecular flexibility index (Phi) is 7.75. The second-order valence-corrected chi connectivity index (χ2v) is 8.61. The van der Waals surface area contributed by atoms with Crippen molar-refractivity contribution < 1.29 is 13.9 Å². The van der Waals surface area contributed by atoms with E-state index in [2.05, 4.69) is 38.1 Å². The first-order chi connectivity index (χ1) is 15.3. The van der Waals surface area contributed by atoms with Crippen LogP contribution >= 0.6 is 0 Å². The van der Waals surface area contributed by atoms with E-state index < -0.39 is 0 Å². The minimum atomic E-state index is -0.354. The molecule has 3 aromatic rings. The fourth-order valence-corrected chi connectivity index (χ4v) is 3.84. The third-order valence-corrected chi connectivity index (χ3v) is 5.47. The minimum Gasteiger partial charge on any atom is -0.461 e. The van der Waals surface area contributed by atoms with Crippen molar-refractivity contribution in [3.8, 4) is 11.1 Å². The van der Waals surface area contributed by atoms with Gasteiger partial charge in [-0.3, -0.25) is 9.78 Å². The number of aryl methyl sites for hydroxylation is 2. The molecule has 0 radical (unpaired) electrons. The highest BCUT2D eigenvalue weighted by atomic mass is 19.1. The molecule has 1 aromatic heterocycles. The molecule has 1 heterocycles. The summed E-state index contributed by atoms with van der Waals surface area (Å²) in [7, 11) is 0. The highest BCUT2D eigenvalue weighted by Gasteiger charge is 2.21. The Morgan fingerprint density at radius 2 is 1.69 bits per heavy atom. The van der Waals surface area contributed by atoms with E-state index in [-0.39, 0.29) is 24.8 Å². The Morgan fingerprint density at radius 3 is 2.28 bits per heavy atom. The van der Waals surface area contributed by atoms with E-state index in [0.29, 0.717) is 12.5 Å². The van der Waals surface area contributed by atoms with Crippen molar-refractivity contribution in [2.45, 2.75) is 53.7 Å². The molecule has 0 atom stereocenters. The summed E-state index contributed by atoms with van der Waals surface area (Å²) in [6.07, 6.45) is 0.916. The molecule has 0 saturated heterocycles. The van der Waals surface area contributed by atoms with Crippen LogP contribution in [0.15, 0.2) is 48.5 Å². The smallest absolute Gasteiger partial charge is 0.310 e. The summed E-state index contributed by atoms with van der Waals surface area (Å²) >= 11 is 0. The van der Waals surface area contributed by atoms with Crippen LogP contribution < -0.4 is 5.73 Å². The normalized spacial score (nSPS) is 11.1. The number of aromatic nitrogens is 1. The minimum absolute atomic E-state index is 0.0954. The Bertz CT molecular complexity index is 1070. The summed E-state index contributed by atoms with van der Waals surface area (Å²) in [6, 6.07) is 14.2. The average Bonchev–Trinajstić information content (AvgIpc) is 2.75. The largest absolute Gasteiger partial charge is 0.461 e. The maximum Gasteiger partial charge on any atom is 0.310 e. The van der Waals surface area contributed by atoms with Gasteiger partial charge in [-0.15, -0.1) is 0 Å². The van der Waals surface area contributed by atoms with Crippen LogP contribution in [0.25, 0.3) is 11.1 Å². The van der Waals surface area contributed by atoms with Gasteiger partial charge in [0.1, 0.15) is 12.4 Å². The van der Waals surface area contributed by atoms with Crippen molar-refractivity contribution in [1.82, 2.24) is 4.98 Å². The maximum absolute atomic E-state index is 13.1. The van der Waals surface area contributed by atoms with Crippen LogP contribution in [0.4, 0.5) is 4.39 Å². The highest BCUT2D eigenvalue weighted by molar-refractivity contribution is 5.80. The van der Waals surface area contributed by atoms with Crippen LogP contribution in [0.2, 0.25) is 0 Å². The molecule has 0 bridgehead atoms. The number of rotatable bonds is 8. The Hall–Kier alpha value is -3.05. The fraction of sp³-hybridized carbons (Fsp3) is 0.333. The summed E-state index contributed by atoms with van der Waals surface area (Å²) in [5.74, 6) is -0.239. The molecule has 32 heavy (non-hydrogen) atoms. The zero-order chi connectivity index (χ0) is 23.3. The third kappa shape index (κ3) is 5.80. The second-order valence-electron chi connectivity index (χ2n) is 8.61. The number of carbonyl (C=O) groups excluding carboxylic acids is 1. The van der Waals surface area contributed by atoms with Crippen LogP contribution in [-0.4, -0.2) is 11.0 Å². The van der Waals surface area contributed by atoms with Crippen molar-refractivity contribution in [3.63, 3.8) is 0 Å². The summed E-state index contributed by atoms with van der Waals surface area (Å²) in [5, 5.41) is 0. The van der Waals surface area contributed by atoms with E-state index in [1.54, 1.807) is 12.1 Å². The predicted molar refractivity (Wildman–Crippen MR) is 125 cm³/mol. The number of ether oxygens (including phenoxy) is 1. The molecule has 0 unspecified atom stereocenters. The quantitative estimate of drug-likeness (QED) is 0.479. The molecule has 5 heteroatoms. The molecule has 0 saturated carbocycles. The molecular weight excluding hydrogens is 403 g/mol. The van der Waals surface area contributed by atoms with Crippen LogP contribution in [0.3, 0.4) is 0 Å². The molecule has 0 fully saturated rings. The molecule has 2 N–H and O–H groups in total. The van der Waals surface area contributed by atoms with E-state index in [1.807, 2.05) is 13.8 Å².